The quantitative estimate of drug-likeness (QED) is 0.648. The van der Waals surface area contributed by atoms with Gasteiger partial charge in [-0.15, -0.1) is 0 Å². The van der Waals surface area contributed by atoms with Crippen LogP contribution in [0.15, 0.2) is 42.5 Å². The maximum absolute atomic E-state index is 14.0. The van der Waals surface area contributed by atoms with Gasteiger partial charge in [0.2, 0.25) is 12.0 Å². The summed E-state index contributed by atoms with van der Waals surface area (Å²) in [7, 11) is 0. The summed E-state index contributed by atoms with van der Waals surface area (Å²) in [5, 5.41) is 0. The summed E-state index contributed by atoms with van der Waals surface area (Å²) in [5.74, 6) is -1.34. The van der Waals surface area contributed by atoms with E-state index in [1.54, 1.807) is 21.9 Å². The molecule has 0 aromatic heterocycles. The van der Waals surface area contributed by atoms with Crippen molar-refractivity contribution < 1.29 is 32.6 Å². The standard InChI is InChI=1S/C26H27F2N3O5/c27-18-5-6-19(20(28)15-18)25(33)29-9-7-17(8-10-29)24(32)30-11-13-31(14-12-30)26(34)23-16-35-21-3-1-2-4-22(21)36-23/h1-6,15,17,23H,7-14,16H2. The van der Waals surface area contributed by atoms with E-state index < -0.39 is 23.6 Å². The van der Waals surface area contributed by atoms with Crippen LogP contribution in [0.4, 0.5) is 8.78 Å². The number of carbonyl (C=O) groups is 3. The Morgan fingerprint density at radius 1 is 0.778 bits per heavy atom. The van der Waals surface area contributed by atoms with Crippen LogP contribution in [0, 0.1) is 17.6 Å². The van der Waals surface area contributed by atoms with Crippen LogP contribution in [-0.4, -0.2) is 84.4 Å². The summed E-state index contributed by atoms with van der Waals surface area (Å²) in [6, 6.07) is 10.1. The number of carbonyl (C=O) groups excluding carboxylic acids is 3. The van der Waals surface area contributed by atoms with Crippen molar-refractivity contribution in [3.63, 3.8) is 0 Å². The van der Waals surface area contributed by atoms with Crippen LogP contribution in [0.1, 0.15) is 23.2 Å². The highest BCUT2D eigenvalue weighted by Gasteiger charge is 2.36. The number of likely N-dealkylation sites (tertiary alicyclic amines) is 1. The van der Waals surface area contributed by atoms with E-state index in [9.17, 15) is 23.2 Å². The van der Waals surface area contributed by atoms with Crippen molar-refractivity contribution in [3.05, 3.63) is 59.7 Å². The van der Waals surface area contributed by atoms with Crippen molar-refractivity contribution in [3.8, 4) is 11.5 Å². The number of benzene rings is 2. The van der Waals surface area contributed by atoms with Crippen LogP contribution < -0.4 is 9.47 Å². The first kappa shape index (κ1) is 24.0. The van der Waals surface area contributed by atoms with Gasteiger partial charge in [0.1, 0.15) is 18.2 Å². The average Bonchev–Trinajstić information content (AvgIpc) is 2.92. The van der Waals surface area contributed by atoms with E-state index in [1.165, 1.54) is 4.90 Å². The highest BCUT2D eigenvalue weighted by Crippen LogP contribution is 2.31. The van der Waals surface area contributed by atoms with Crippen LogP contribution in [0.25, 0.3) is 0 Å². The molecule has 3 amide bonds. The number of rotatable bonds is 3. The van der Waals surface area contributed by atoms with E-state index in [-0.39, 0.29) is 29.9 Å². The van der Waals surface area contributed by atoms with Crippen LogP contribution in [0.2, 0.25) is 0 Å². The van der Waals surface area contributed by atoms with Gasteiger partial charge >= 0.3 is 0 Å². The summed E-state index contributed by atoms with van der Waals surface area (Å²) in [6.07, 6.45) is 0.230. The van der Waals surface area contributed by atoms with Gasteiger partial charge in [0.25, 0.3) is 11.8 Å². The fraction of sp³-hybridized carbons (Fsp3) is 0.423. The van der Waals surface area contributed by atoms with Crippen molar-refractivity contribution >= 4 is 17.7 Å². The fourth-order valence-electron chi connectivity index (χ4n) is 4.91. The number of hydrogen-bond donors (Lipinski definition) is 0. The zero-order valence-electron chi connectivity index (χ0n) is 19.7. The van der Waals surface area contributed by atoms with Crippen LogP contribution in [0.3, 0.4) is 0 Å². The predicted molar refractivity (Wildman–Crippen MR) is 124 cm³/mol. The topological polar surface area (TPSA) is 79.4 Å². The van der Waals surface area contributed by atoms with Crippen LogP contribution in [0.5, 0.6) is 11.5 Å². The highest BCUT2D eigenvalue weighted by atomic mass is 19.1. The Morgan fingerprint density at radius 2 is 1.42 bits per heavy atom. The maximum Gasteiger partial charge on any atom is 0.267 e. The molecule has 3 heterocycles. The molecule has 2 aromatic rings. The molecule has 3 aliphatic heterocycles. The number of ether oxygens (including phenoxy) is 2. The van der Waals surface area contributed by atoms with Gasteiger partial charge in [0.05, 0.1) is 5.56 Å². The molecule has 1 unspecified atom stereocenters. The molecule has 190 valence electrons. The van der Waals surface area contributed by atoms with Gasteiger partial charge in [-0.25, -0.2) is 8.78 Å². The Labute approximate surface area is 207 Å². The Bertz CT molecular complexity index is 1160. The highest BCUT2D eigenvalue weighted by molar-refractivity contribution is 5.94. The van der Waals surface area contributed by atoms with Gasteiger partial charge in [0, 0.05) is 51.3 Å². The molecule has 10 heteroatoms. The minimum Gasteiger partial charge on any atom is -0.485 e. The molecule has 2 fully saturated rings. The van der Waals surface area contributed by atoms with Gasteiger partial charge in [-0.05, 0) is 37.1 Å². The molecular weight excluding hydrogens is 472 g/mol. The largest absolute Gasteiger partial charge is 0.485 e. The number of nitrogens with zero attached hydrogens (tertiary/aromatic N) is 3. The van der Waals surface area contributed by atoms with Crippen molar-refractivity contribution in [2.45, 2.75) is 18.9 Å². The Hall–Kier alpha value is -3.69. The number of hydrogen-bond acceptors (Lipinski definition) is 5. The van der Waals surface area contributed by atoms with Crippen LogP contribution in [-0.2, 0) is 9.59 Å². The van der Waals surface area contributed by atoms with E-state index in [2.05, 4.69) is 0 Å². The molecule has 2 aromatic carbocycles. The van der Waals surface area contributed by atoms with Crippen molar-refractivity contribution in [1.82, 2.24) is 14.7 Å². The van der Waals surface area contributed by atoms with Crippen molar-refractivity contribution in [2.75, 3.05) is 45.9 Å². The summed E-state index contributed by atoms with van der Waals surface area (Å²) in [4.78, 5) is 43.6. The molecule has 3 aliphatic rings. The lowest BCUT2D eigenvalue weighted by Crippen LogP contribution is -2.56. The first-order chi connectivity index (χ1) is 17.4. The lowest BCUT2D eigenvalue weighted by molar-refractivity contribution is -0.148. The first-order valence-electron chi connectivity index (χ1n) is 12.1. The van der Waals surface area contributed by atoms with Crippen molar-refractivity contribution in [2.24, 2.45) is 5.92 Å². The molecule has 1 atom stereocenters. The Morgan fingerprint density at radius 3 is 2.08 bits per heavy atom. The number of para-hydroxylation sites is 2. The van der Waals surface area contributed by atoms with E-state index in [0.717, 1.165) is 12.1 Å². The summed E-state index contributed by atoms with van der Waals surface area (Å²) < 4.78 is 38.6. The number of amides is 3. The van der Waals surface area contributed by atoms with Gasteiger partial charge in [-0.3, -0.25) is 14.4 Å². The Balaban J connectivity index is 1.10. The van der Waals surface area contributed by atoms with Gasteiger partial charge < -0.3 is 24.2 Å². The van der Waals surface area contributed by atoms with E-state index in [1.807, 2.05) is 12.1 Å². The number of piperazine rings is 1. The molecule has 0 spiro atoms. The third kappa shape index (κ3) is 4.84. The van der Waals surface area contributed by atoms with E-state index in [4.69, 9.17) is 9.47 Å². The summed E-state index contributed by atoms with van der Waals surface area (Å²) >= 11 is 0. The van der Waals surface area contributed by atoms with Gasteiger partial charge in [-0.1, -0.05) is 12.1 Å². The third-order valence-electron chi connectivity index (χ3n) is 6.98. The molecule has 5 rings (SSSR count). The van der Waals surface area contributed by atoms with Gasteiger partial charge in [-0.2, -0.15) is 0 Å². The molecule has 8 nitrogen and oxygen atoms in total. The van der Waals surface area contributed by atoms with E-state index in [0.29, 0.717) is 69.7 Å². The second kappa shape index (κ2) is 10.1. The first-order valence-corrected chi connectivity index (χ1v) is 12.1. The number of halogens is 2. The number of piperidine rings is 1. The maximum atomic E-state index is 14.0. The van der Waals surface area contributed by atoms with Crippen molar-refractivity contribution in [1.29, 1.82) is 0 Å². The molecule has 0 N–H and O–H groups in total. The lowest BCUT2D eigenvalue weighted by Gasteiger charge is -2.39. The zero-order valence-corrected chi connectivity index (χ0v) is 19.7. The smallest absolute Gasteiger partial charge is 0.267 e. The fourth-order valence-corrected chi connectivity index (χ4v) is 4.91. The molecular formula is C26H27F2N3O5. The van der Waals surface area contributed by atoms with Gasteiger partial charge in [0.15, 0.2) is 11.5 Å². The van der Waals surface area contributed by atoms with Crippen LogP contribution >= 0.6 is 0 Å². The molecule has 2 saturated heterocycles. The molecule has 0 bridgehead atoms. The summed E-state index contributed by atoms with van der Waals surface area (Å²) in [6.45, 7) is 2.47. The second-order valence-corrected chi connectivity index (χ2v) is 9.21. The summed E-state index contributed by atoms with van der Waals surface area (Å²) in [5.41, 5.74) is -0.169. The average molecular weight is 500 g/mol. The van der Waals surface area contributed by atoms with E-state index >= 15 is 0 Å². The third-order valence-corrected chi connectivity index (χ3v) is 6.98. The SMILES string of the molecule is O=C(c1ccc(F)cc1F)N1CCC(C(=O)N2CCN(C(=O)C3COc4ccccc4O3)CC2)CC1. The normalized spacial score (nSPS) is 20.3. The Kier molecular flexibility index (Phi) is 6.75. The zero-order chi connectivity index (χ0) is 25.2. The molecule has 0 aliphatic carbocycles. The lowest BCUT2D eigenvalue weighted by atomic mass is 9.94. The number of fused-ring (bicyclic) bond motifs is 1. The molecule has 0 radical (unpaired) electrons. The predicted octanol–water partition coefficient (Wildman–Crippen LogP) is 2.33. The minimum atomic E-state index is -0.889. The molecule has 0 saturated carbocycles. The minimum absolute atomic E-state index is 0.00772. The molecule has 36 heavy (non-hydrogen) atoms. The monoisotopic (exact) mass is 499 g/mol. The second-order valence-electron chi connectivity index (χ2n) is 9.21.